The molecule has 4 nitrogen and oxygen atoms in total. The van der Waals surface area contributed by atoms with Crippen LogP contribution in [-0.2, 0) is 6.42 Å². The fraction of sp³-hybridized carbons (Fsp3) is 0.286. The highest BCUT2D eigenvalue weighted by molar-refractivity contribution is 5.37. The van der Waals surface area contributed by atoms with Crippen molar-refractivity contribution >= 4 is 5.82 Å². The largest absolute Gasteiger partial charge is 0.573 e. The average Bonchev–Trinajstić information content (AvgIpc) is 2.41. The Balaban J connectivity index is 1.82. The lowest BCUT2D eigenvalue weighted by Crippen LogP contribution is -2.17. The lowest BCUT2D eigenvalue weighted by Gasteiger charge is -2.09. The van der Waals surface area contributed by atoms with Gasteiger partial charge in [-0.15, -0.1) is 13.2 Å². The van der Waals surface area contributed by atoms with Crippen LogP contribution in [0.2, 0.25) is 0 Å². The molecule has 0 atom stereocenters. The first-order valence-electron chi connectivity index (χ1n) is 6.29. The number of rotatable bonds is 5. The van der Waals surface area contributed by atoms with E-state index >= 15 is 0 Å². The molecule has 21 heavy (non-hydrogen) atoms. The van der Waals surface area contributed by atoms with Crippen LogP contribution in [0.3, 0.4) is 0 Å². The van der Waals surface area contributed by atoms with Crippen molar-refractivity contribution in [2.45, 2.75) is 19.7 Å². The average molecular weight is 297 g/mol. The highest BCUT2D eigenvalue weighted by Gasteiger charge is 2.31. The van der Waals surface area contributed by atoms with E-state index in [1.165, 1.54) is 12.1 Å². The number of ether oxygens (including phenoxy) is 1. The van der Waals surface area contributed by atoms with Gasteiger partial charge in [-0.1, -0.05) is 6.07 Å². The molecule has 0 amide bonds. The number of hydrogen-bond donors (Lipinski definition) is 1. The van der Waals surface area contributed by atoms with Crippen LogP contribution in [0.25, 0.3) is 0 Å². The Hall–Kier alpha value is -2.31. The maximum Gasteiger partial charge on any atom is 0.573 e. The van der Waals surface area contributed by atoms with Gasteiger partial charge < -0.3 is 10.1 Å². The Morgan fingerprint density at radius 1 is 1.10 bits per heavy atom. The second kappa shape index (κ2) is 6.43. The number of aromatic nitrogens is 2. The molecule has 2 aromatic rings. The molecule has 0 saturated carbocycles. The number of halogens is 3. The Morgan fingerprint density at radius 3 is 2.48 bits per heavy atom. The molecule has 0 radical (unpaired) electrons. The van der Waals surface area contributed by atoms with E-state index in [1.807, 2.05) is 19.1 Å². The van der Waals surface area contributed by atoms with Crippen molar-refractivity contribution in [2.75, 3.05) is 11.9 Å². The van der Waals surface area contributed by atoms with Crippen LogP contribution in [0, 0.1) is 6.92 Å². The number of alkyl halides is 3. The van der Waals surface area contributed by atoms with Gasteiger partial charge in [0.15, 0.2) is 0 Å². The second-order valence-electron chi connectivity index (χ2n) is 4.41. The van der Waals surface area contributed by atoms with Crippen LogP contribution in [0.1, 0.15) is 11.3 Å². The van der Waals surface area contributed by atoms with Gasteiger partial charge in [0.1, 0.15) is 11.6 Å². The Morgan fingerprint density at radius 2 is 1.90 bits per heavy atom. The fourth-order valence-corrected chi connectivity index (χ4v) is 1.66. The lowest BCUT2D eigenvalue weighted by atomic mass is 10.2. The maximum absolute atomic E-state index is 12.0. The van der Waals surface area contributed by atoms with Crippen molar-refractivity contribution < 1.29 is 17.9 Å². The molecule has 0 aliphatic heterocycles. The van der Waals surface area contributed by atoms with Crippen molar-refractivity contribution in [1.29, 1.82) is 0 Å². The van der Waals surface area contributed by atoms with Crippen LogP contribution in [0.5, 0.6) is 5.75 Å². The maximum atomic E-state index is 12.0. The van der Waals surface area contributed by atoms with Crippen LogP contribution in [0.4, 0.5) is 19.0 Å². The SMILES string of the molecule is Cc1ccc(CCNc2ccc(OC(F)(F)F)cn2)cn1. The van der Waals surface area contributed by atoms with Crippen LogP contribution >= 0.6 is 0 Å². The standard InChI is InChI=1S/C14H14F3N3O/c1-10-2-3-11(8-19-10)6-7-18-13-5-4-12(9-20-13)21-14(15,16)17/h2-5,8-9H,6-7H2,1H3,(H,18,20). The van der Waals surface area contributed by atoms with E-state index in [2.05, 4.69) is 20.0 Å². The highest BCUT2D eigenvalue weighted by atomic mass is 19.4. The molecule has 7 heteroatoms. The van der Waals surface area contributed by atoms with Gasteiger partial charge in [0.2, 0.25) is 0 Å². The van der Waals surface area contributed by atoms with Gasteiger partial charge in [0.05, 0.1) is 6.20 Å². The van der Waals surface area contributed by atoms with Crippen molar-refractivity contribution in [2.24, 2.45) is 0 Å². The predicted molar refractivity (Wildman–Crippen MR) is 72.1 cm³/mol. The molecule has 2 aromatic heterocycles. The van der Waals surface area contributed by atoms with E-state index in [0.29, 0.717) is 12.4 Å². The quantitative estimate of drug-likeness (QED) is 0.919. The Kier molecular flexibility index (Phi) is 4.62. The van der Waals surface area contributed by atoms with E-state index in [0.717, 1.165) is 23.9 Å². The molecular formula is C14H14F3N3O. The fourth-order valence-electron chi connectivity index (χ4n) is 1.66. The van der Waals surface area contributed by atoms with Crippen molar-refractivity contribution in [3.05, 3.63) is 47.9 Å². The third-order valence-electron chi connectivity index (χ3n) is 2.66. The molecule has 0 aliphatic carbocycles. The van der Waals surface area contributed by atoms with Gasteiger partial charge in [0, 0.05) is 18.4 Å². The lowest BCUT2D eigenvalue weighted by molar-refractivity contribution is -0.274. The monoisotopic (exact) mass is 297 g/mol. The summed E-state index contributed by atoms with van der Waals surface area (Å²) in [7, 11) is 0. The molecule has 112 valence electrons. The van der Waals surface area contributed by atoms with E-state index < -0.39 is 6.36 Å². The Labute approximate surface area is 120 Å². The number of aryl methyl sites for hydroxylation is 1. The minimum atomic E-state index is -4.70. The summed E-state index contributed by atoms with van der Waals surface area (Å²) in [6.07, 6.45) is -1.13. The first-order valence-corrected chi connectivity index (χ1v) is 6.29. The summed E-state index contributed by atoms with van der Waals surface area (Å²) in [5.74, 6) is 0.153. The van der Waals surface area contributed by atoms with Gasteiger partial charge >= 0.3 is 6.36 Å². The zero-order valence-corrected chi connectivity index (χ0v) is 11.3. The van der Waals surface area contributed by atoms with Crippen LogP contribution < -0.4 is 10.1 Å². The van der Waals surface area contributed by atoms with Gasteiger partial charge in [-0.2, -0.15) is 0 Å². The number of nitrogens with one attached hydrogen (secondary N) is 1. The van der Waals surface area contributed by atoms with Crippen molar-refractivity contribution in [3.63, 3.8) is 0 Å². The van der Waals surface area contributed by atoms with Gasteiger partial charge in [-0.05, 0) is 37.1 Å². The molecule has 0 aromatic carbocycles. The van der Waals surface area contributed by atoms with Crippen molar-refractivity contribution in [1.82, 2.24) is 9.97 Å². The number of hydrogen-bond acceptors (Lipinski definition) is 4. The minimum absolute atomic E-state index is 0.337. The second-order valence-corrected chi connectivity index (χ2v) is 4.41. The summed E-state index contributed by atoms with van der Waals surface area (Å²) in [6.45, 7) is 2.52. The predicted octanol–water partition coefficient (Wildman–Crippen LogP) is 3.34. The van der Waals surface area contributed by atoms with Gasteiger partial charge in [0.25, 0.3) is 0 Å². The molecule has 0 fully saturated rings. The van der Waals surface area contributed by atoms with E-state index in [9.17, 15) is 13.2 Å². The van der Waals surface area contributed by atoms with Crippen LogP contribution in [0.15, 0.2) is 36.7 Å². The number of anilines is 1. The normalized spacial score (nSPS) is 11.2. The molecule has 1 N–H and O–H groups in total. The molecule has 0 spiro atoms. The third-order valence-corrected chi connectivity index (χ3v) is 2.66. The molecular weight excluding hydrogens is 283 g/mol. The summed E-state index contributed by atoms with van der Waals surface area (Å²) < 4.78 is 39.7. The summed E-state index contributed by atoms with van der Waals surface area (Å²) in [5.41, 5.74) is 2.03. The van der Waals surface area contributed by atoms with Gasteiger partial charge in [-0.25, -0.2) is 4.98 Å². The summed E-state index contributed by atoms with van der Waals surface area (Å²) in [5, 5.41) is 3.02. The number of pyridine rings is 2. The molecule has 0 bridgehead atoms. The number of nitrogens with zero attached hydrogens (tertiary/aromatic N) is 2. The third kappa shape index (κ3) is 5.29. The highest BCUT2D eigenvalue weighted by Crippen LogP contribution is 2.22. The zero-order chi connectivity index (χ0) is 15.3. The summed E-state index contributed by atoms with van der Waals surface area (Å²) >= 11 is 0. The molecule has 2 heterocycles. The summed E-state index contributed by atoms with van der Waals surface area (Å²) in [6, 6.07) is 6.57. The van der Waals surface area contributed by atoms with E-state index in [4.69, 9.17) is 0 Å². The van der Waals surface area contributed by atoms with E-state index in [1.54, 1.807) is 6.20 Å². The first-order chi connectivity index (χ1) is 9.92. The molecule has 2 rings (SSSR count). The minimum Gasteiger partial charge on any atom is -0.404 e. The van der Waals surface area contributed by atoms with Gasteiger partial charge in [-0.3, -0.25) is 4.98 Å². The smallest absolute Gasteiger partial charge is 0.404 e. The molecule has 0 aliphatic rings. The zero-order valence-electron chi connectivity index (χ0n) is 11.3. The van der Waals surface area contributed by atoms with Crippen LogP contribution in [-0.4, -0.2) is 22.9 Å². The van der Waals surface area contributed by atoms with E-state index in [-0.39, 0.29) is 5.75 Å². The van der Waals surface area contributed by atoms with Crippen molar-refractivity contribution in [3.8, 4) is 5.75 Å². The molecule has 0 saturated heterocycles. The molecule has 0 unspecified atom stereocenters. The summed E-state index contributed by atoms with van der Waals surface area (Å²) in [4.78, 5) is 8.04. The first kappa shape index (κ1) is 15.1. The Bertz CT molecular complexity index is 568. The topological polar surface area (TPSA) is 47.0 Å².